The van der Waals surface area contributed by atoms with Gasteiger partial charge in [0.2, 0.25) is 5.91 Å². The number of hydrogen-bond donors (Lipinski definition) is 4. The molecule has 0 saturated heterocycles. The first-order chi connectivity index (χ1) is 12.9. The molecule has 0 spiro atoms. The Bertz CT molecular complexity index is 840. The van der Waals surface area contributed by atoms with Crippen LogP contribution in [0.5, 0.6) is 0 Å². The molecular formula is C19H22N4O4. The van der Waals surface area contributed by atoms with Crippen LogP contribution >= 0.6 is 0 Å². The summed E-state index contributed by atoms with van der Waals surface area (Å²) in [6.07, 6.45) is 3.32. The molecule has 8 nitrogen and oxygen atoms in total. The van der Waals surface area contributed by atoms with E-state index in [9.17, 15) is 14.4 Å². The summed E-state index contributed by atoms with van der Waals surface area (Å²) in [6.45, 7) is 3.48. The minimum atomic E-state index is -0.539. The lowest BCUT2D eigenvalue weighted by Crippen LogP contribution is -2.47. The van der Waals surface area contributed by atoms with Gasteiger partial charge in [0.15, 0.2) is 0 Å². The van der Waals surface area contributed by atoms with Crippen LogP contribution in [0.3, 0.4) is 0 Å². The molecule has 0 unspecified atom stereocenters. The van der Waals surface area contributed by atoms with Crippen molar-refractivity contribution < 1.29 is 18.8 Å². The molecular weight excluding hydrogens is 348 g/mol. The van der Waals surface area contributed by atoms with Crippen molar-refractivity contribution >= 4 is 23.5 Å². The van der Waals surface area contributed by atoms with Gasteiger partial charge in [-0.2, -0.15) is 0 Å². The van der Waals surface area contributed by atoms with E-state index in [0.717, 1.165) is 24.1 Å². The maximum absolute atomic E-state index is 12.0. The largest absolute Gasteiger partial charge is 0.469 e. The summed E-state index contributed by atoms with van der Waals surface area (Å²) in [4.78, 5) is 35.6. The third-order valence-electron chi connectivity index (χ3n) is 4.37. The van der Waals surface area contributed by atoms with Crippen LogP contribution in [0.1, 0.15) is 47.5 Å². The summed E-state index contributed by atoms with van der Waals surface area (Å²) in [7, 11) is 0. The SMILES string of the molecule is Cc1occc1C(=O)NNC(=O)N[C@H](C)c1ccc(NC(=O)C2CC2)cc1. The quantitative estimate of drug-likeness (QED) is 0.606. The van der Waals surface area contributed by atoms with Crippen molar-refractivity contribution in [3.05, 3.63) is 53.5 Å². The zero-order valence-electron chi connectivity index (χ0n) is 15.2. The highest BCUT2D eigenvalue weighted by molar-refractivity contribution is 5.96. The van der Waals surface area contributed by atoms with Gasteiger partial charge < -0.3 is 15.1 Å². The predicted octanol–water partition coefficient (Wildman–Crippen LogP) is 2.64. The van der Waals surface area contributed by atoms with Gasteiger partial charge in [0, 0.05) is 11.6 Å². The number of hydrazine groups is 1. The maximum atomic E-state index is 12.0. The summed E-state index contributed by atoms with van der Waals surface area (Å²) in [5.41, 5.74) is 6.58. The highest BCUT2D eigenvalue weighted by Gasteiger charge is 2.29. The fourth-order valence-corrected chi connectivity index (χ4v) is 2.56. The third-order valence-corrected chi connectivity index (χ3v) is 4.37. The number of furan rings is 1. The second kappa shape index (κ2) is 7.94. The summed E-state index contributed by atoms with van der Waals surface area (Å²) in [5, 5.41) is 5.59. The van der Waals surface area contributed by atoms with E-state index in [1.807, 2.05) is 19.1 Å². The summed E-state index contributed by atoms with van der Waals surface area (Å²) in [6, 6.07) is 7.97. The van der Waals surface area contributed by atoms with E-state index in [0.29, 0.717) is 11.3 Å². The number of anilines is 1. The molecule has 0 bridgehead atoms. The van der Waals surface area contributed by atoms with Gasteiger partial charge in [0.25, 0.3) is 5.91 Å². The lowest BCUT2D eigenvalue weighted by molar-refractivity contribution is -0.117. The van der Waals surface area contributed by atoms with Crippen molar-refractivity contribution in [1.29, 1.82) is 0 Å². The molecule has 1 aromatic heterocycles. The number of amides is 4. The normalized spacial score (nSPS) is 14.1. The number of urea groups is 1. The Labute approximate surface area is 156 Å². The van der Waals surface area contributed by atoms with Gasteiger partial charge in [-0.3, -0.25) is 15.0 Å². The molecule has 1 atom stereocenters. The molecule has 142 valence electrons. The Balaban J connectivity index is 1.46. The van der Waals surface area contributed by atoms with Crippen molar-refractivity contribution in [1.82, 2.24) is 16.2 Å². The zero-order chi connectivity index (χ0) is 19.4. The molecule has 1 fully saturated rings. The Hall–Kier alpha value is -3.29. The van der Waals surface area contributed by atoms with Crippen molar-refractivity contribution in [3.63, 3.8) is 0 Å². The second-order valence-corrected chi connectivity index (χ2v) is 6.55. The third kappa shape index (κ3) is 4.87. The molecule has 4 amide bonds. The molecule has 4 N–H and O–H groups in total. The van der Waals surface area contributed by atoms with Crippen molar-refractivity contribution in [2.45, 2.75) is 32.7 Å². The molecule has 0 aliphatic heterocycles. The highest BCUT2D eigenvalue weighted by atomic mass is 16.3. The molecule has 3 rings (SSSR count). The summed E-state index contributed by atoms with van der Waals surface area (Å²) >= 11 is 0. The first-order valence-electron chi connectivity index (χ1n) is 8.76. The minimum absolute atomic E-state index is 0.0527. The number of carbonyl (C=O) groups is 3. The number of hydrogen-bond acceptors (Lipinski definition) is 4. The topological polar surface area (TPSA) is 112 Å². The Morgan fingerprint density at radius 3 is 2.37 bits per heavy atom. The Kier molecular flexibility index (Phi) is 5.44. The molecule has 27 heavy (non-hydrogen) atoms. The van der Waals surface area contributed by atoms with E-state index in [1.54, 1.807) is 19.1 Å². The van der Waals surface area contributed by atoms with E-state index in [2.05, 4.69) is 21.5 Å². The minimum Gasteiger partial charge on any atom is -0.469 e. The molecule has 1 saturated carbocycles. The Morgan fingerprint density at radius 2 is 1.78 bits per heavy atom. The number of carbonyl (C=O) groups excluding carboxylic acids is 3. The van der Waals surface area contributed by atoms with E-state index >= 15 is 0 Å². The second-order valence-electron chi connectivity index (χ2n) is 6.55. The molecule has 2 aromatic rings. The molecule has 0 radical (unpaired) electrons. The van der Waals surface area contributed by atoms with Gasteiger partial charge in [0.1, 0.15) is 5.76 Å². The standard InChI is InChI=1S/C19H22N4O4/c1-11(13-5-7-15(8-6-13)21-17(24)14-3-4-14)20-19(26)23-22-18(25)16-9-10-27-12(16)2/h5-11,14H,3-4H2,1-2H3,(H,21,24)(H,22,25)(H2,20,23,26)/t11-/m1/s1. The molecule has 1 heterocycles. The van der Waals surface area contributed by atoms with E-state index < -0.39 is 11.9 Å². The van der Waals surface area contributed by atoms with Crippen LogP contribution in [0.4, 0.5) is 10.5 Å². The highest BCUT2D eigenvalue weighted by Crippen LogP contribution is 2.30. The van der Waals surface area contributed by atoms with Crippen molar-refractivity contribution in [3.8, 4) is 0 Å². The van der Waals surface area contributed by atoms with E-state index in [4.69, 9.17) is 4.42 Å². The van der Waals surface area contributed by atoms with Crippen LogP contribution in [0.25, 0.3) is 0 Å². The first-order valence-corrected chi connectivity index (χ1v) is 8.76. The van der Waals surface area contributed by atoms with E-state index in [-0.39, 0.29) is 17.9 Å². The average Bonchev–Trinajstić information content (AvgIpc) is 3.41. The molecule has 1 aliphatic rings. The lowest BCUT2D eigenvalue weighted by Gasteiger charge is -2.16. The number of rotatable bonds is 5. The molecule has 1 aromatic carbocycles. The van der Waals surface area contributed by atoms with E-state index in [1.165, 1.54) is 12.3 Å². The van der Waals surface area contributed by atoms with Gasteiger partial charge in [-0.1, -0.05) is 12.1 Å². The van der Waals surface area contributed by atoms with Crippen LogP contribution in [0.15, 0.2) is 41.0 Å². The van der Waals surface area contributed by atoms with Crippen LogP contribution in [-0.4, -0.2) is 17.8 Å². The van der Waals surface area contributed by atoms with Gasteiger partial charge in [-0.15, -0.1) is 0 Å². The van der Waals surface area contributed by atoms with Gasteiger partial charge in [-0.25, -0.2) is 10.2 Å². The maximum Gasteiger partial charge on any atom is 0.333 e. The van der Waals surface area contributed by atoms with Gasteiger partial charge in [-0.05, 0) is 50.5 Å². The van der Waals surface area contributed by atoms with Gasteiger partial charge in [0.05, 0.1) is 17.9 Å². The fourth-order valence-electron chi connectivity index (χ4n) is 2.56. The van der Waals surface area contributed by atoms with Crippen LogP contribution < -0.4 is 21.5 Å². The number of aryl methyl sites for hydroxylation is 1. The van der Waals surface area contributed by atoms with Crippen LogP contribution in [0, 0.1) is 12.8 Å². The number of nitrogens with one attached hydrogen (secondary N) is 4. The monoisotopic (exact) mass is 370 g/mol. The summed E-state index contributed by atoms with van der Waals surface area (Å²) < 4.78 is 5.05. The lowest BCUT2D eigenvalue weighted by atomic mass is 10.1. The predicted molar refractivity (Wildman–Crippen MR) is 98.8 cm³/mol. The Morgan fingerprint density at radius 1 is 1.07 bits per heavy atom. The summed E-state index contributed by atoms with van der Waals surface area (Å²) in [5.74, 6) is 0.212. The van der Waals surface area contributed by atoms with Crippen LogP contribution in [-0.2, 0) is 4.79 Å². The molecule has 1 aliphatic carbocycles. The van der Waals surface area contributed by atoms with Crippen LogP contribution in [0.2, 0.25) is 0 Å². The average molecular weight is 370 g/mol. The van der Waals surface area contributed by atoms with Crippen molar-refractivity contribution in [2.75, 3.05) is 5.32 Å². The number of benzene rings is 1. The molecule has 8 heteroatoms. The fraction of sp³-hybridized carbons (Fsp3) is 0.316. The van der Waals surface area contributed by atoms with Gasteiger partial charge >= 0.3 is 6.03 Å². The zero-order valence-corrected chi connectivity index (χ0v) is 15.2. The smallest absolute Gasteiger partial charge is 0.333 e. The van der Waals surface area contributed by atoms with Crippen molar-refractivity contribution in [2.24, 2.45) is 5.92 Å². The first kappa shape index (κ1) is 18.5.